The number of ether oxygens (including phenoxy) is 2. The molecule has 0 saturated heterocycles. The smallest absolute Gasteiger partial charge is 0.213 e. The van der Waals surface area contributed by atoms with Gasteiger partial charge in [-0.25, -0.2) is 4.98 Å². The molecular formula is C17H31IN4O2. The Kier molecular flexibility index (Phi) is 14.7. The molecule has 1 rings (SSSR count). The Morgan fingerprint density at radius 3 is 2.71 bits per heavy atom. The molecule has 0 aromatic carbocycles. The van der Waals surface area contributed by atoms with Crippen LogP contribution in [0.15, 0.2) is 23.3 Å². The predicted octanol–water partition coefficient (Wildman–Crippen LogP) is 2.97. The van der Waals surface area contributed by atoms with Crippen molar-refractivity contribution in [2.45, 2.75) is 39.7 Å². The number of pyridine rings is 1. The first-order valence-corrected chi connectivity index (χ1v) is 8.40. The van der Waals surface area contributed by atoms with Gasteiger partial charge in [0.2, 0.25) is 5.88 Å². The lowest BCUT2D eigenvalue weighted by Gasteiger charge is -2.12. The molecule has 0 fully saturated rings. The molecule has 0 aliphatic heterocycles. The molecule has 0 amide bonds. The third kappa shape index (κ3) is 10.6. The first-order valence-electron chi connectivity index (χ1n) is 8.40. The quantitative estimate of drug-likeness (QED) is 0.235. The average molecular weight is 450 g/mol. The van der Waals surface area contributed by atoms with Crippen molar-refractivity contribution in [2.24, 2.45) is 4.99 Å². The highest BCUT2D eigenvalue weighted by Crippen LogP contribution is 2.08. The summed E-state index contributed by atoms with van der Waals surface area (Å²) >= 11 is 0. The van der Waals surface area contributed by atoms with Crippen LogP contribution in [0.4, 0.5) is 0 Å². The Labute approximate surface area is 162 Å². The molecule has 138 valence electrons. The van der Waals surface area contributed by atoms with Gasteiger partial charge in [-0.3, -0.25) is 4.99 Å². The fraction of sp³-hybridized carbons (Fsp3) is 0.647. The van der Waals surface area contributed by atoms with E-state index in [2.05, 4.69) is 27.5 Å². The van der Waals surface area contributed by atoms with E-state index in [0.717, 1.165) is 44.1 Å². The van der Waals surface area contributed by atoms with E-state index in [4.69, 9.17) is 9.47 Å². The molecule has 1 aromatic heterocycles. The molecule has 1 aromatic rings. The molecule has 1 heterocycles. The van der Waals surface area contributed by atoms with Crippen molar-refractivity contribution in [1.82, 2.24) is 15.6 Å². The van der Waals surface area contributed by atoms with Crippen LogP contribution >= 0.6 is 24.0 Å². The van der Waals surface area contributed by atoms with Gasteiger partial charge < -0.3 is 20.1 Å². The summed E-state index contributed by atoms with van der Waals surface area (Å²) in [4.78, 5) is 8.37. The Hall–Kier alpha value is -1.09. The minimum atomic E-state index is 0. The van der Waals surface area contributed by atoms with Crippen LogP contribution in [0, 0.1) is 0 Å². The van der Waals surface area contributed by atoms with E-state index in [1.54, 1.807) is 13.2 Å². The lowest BCUT2D eigenvalue weighted by molar-refractivity contribution is 0.129. The molecule has 0 atom stereocenters. The van der Waals surface area contributed by atoms with E-state index in [9.17, 15) is 0 Å². The van der Waals surface area contributed by atoms with Gasteiger partial charge in [0.1, 0.15) is 0 Å². The number of unbranched alkanes of at least 4 members (excludes halogenated alkanes) is 1. The van der Waals surface area contributed by atoms with Crippen LogP contribution in [0.25, 0.3) is 0 Å². The Bertz CT molecular complexity index is 458. The van der Waals surface area contributed by atoms with Gasteiger partial charge in [0.15, 0.2) is 5.96 Å². The molecule has 6 nitrogen and oxygen atoms in total. The van der Waals surface area contributed by atoms with E-state index in [0.29, 0.717) is 19.0 Å². The first-order chi connectivity index (χ1) is 11.3. The number of guanidine groups is 1. The molecule has 24 heavy (non-hydrogen) atoms. The zero-order valence-electron chi connectivity index (χ0n) is 15.0. The molecule has 0 radical (unpaired) electrons. The van der Waals surface area contributed by atoms with Crippen molar-refractivity contribution < 1.29 is 9.47 Å². The second-order valence-electron chi connectivity index (χ2n) is 5.11. The summed E-state index contributed by atoms with van der Waals surface area (Å²) in [6.07, 6.45) is 5.03. The zero-order valence-corrected chi connectivity index (χ0v) is 17.3. The molecular weight excluding hydrogens is 419 g/mol. The minimum Gasteiger partial charge on any atom is -0.478 e. The van der Waals surface area contributed by atoms with Crippen LogP contribution in [0.3, 0.4) is 0 Å². The van der Waals surface area contributed by atoms with Gasteiger partial charge >= 0.3 is 0 Å². The maximum atomic E-state index is 5.53. The summed E-state index contributed by atoms with van der Waals surface area (Å²) in [5, 5.41) is 6.56. The van der Waals surface area contributed by atoms with Crippen molar-refractivity contribution in [2.75, 3.05) is 33.4 Å². The van der Waals surface area contributed by atoms with Gasteiger partial charge in [-0.2, -0.15) is 0 Å². The van der Waals surface area contributed by atoms with Crippen molar-refractivity contribution >= 4 is 29.9 Å². The third-order valence-corrected chi connectivity index (χ3v) is 3.18. The van der Waals surface area contributed by atoms with Crippen LogP contribution in [-0.2, 0) is 11.3 Å². The van der Waals surface area contributed by atoms with Gasteiger partial charge in [-0.15, -0.1) is 24.0 Å². The van der Waals surface area contributed by atoms with Crippen LogP contribution in [0.5, 0.6) is 5.88 Å². The summed E-state index contributed by atoms with van der Waals surface area (Å²) in [6, 6.07) is 3.90. The number of aromatic nitrogens is 1. The number of halogens is 1. The zero-order chi connectivity index (χ0) is 16.8. The van der Waals surface area contributed by atoms with Crippen LogP contribution in [-0.4, -0.2) is 44.4 Å². The predicted molar refractivity (Wildman–Crippen MR) is 109 cm³/mol. The number of hydrogen-bond donors (Lipinski definition) is 2. The van der Waals surface area contributed by atoms with Gasteiger partial charge in [-0.1, -0.05) is 13.3 Å². The summed E-state index contributed by atoms with van der Waals surface area (Å²) in [5.41, 5.74) is 1.11. The maximum Gasteiger partial charge on any atom is 0.213 e. The number of rotatable bonds is 11. The number of aliphatic imine (C=N–C) groups is 1. The molecule has 0 saturated carbocycles. The standard InChI is InChI=1S/C17H30N4O2.HI/c1-4-6-11-22-12-7-9-20-17(18-3)21-14-15-8-10-19-16(13-15)23-5-2;/h8,10,13H,4-7,9,11-12,14H2,1-3H3,(H2,18,20,21);1H. The molecule has 0 unspecified atom stereocenters. The van der Waals surface area contributed by atoms with E-state index in [1.165, 1.54) is 6.42 Å². The van der Waals surface area contributed by atoms with Gasteiger partial charge in [-0.05, 0) is 31.4 Å². The topological polar surface area (TPSA) is 67.8 Å². The largest absolute Gasteiger partial charge is 0.478 e. The fourth-order valence-corrected chi connectivity index (χ4v) is 1.92. The molecule has 2 N–H and O–H groups in total. The third-order valence-electron chi connectivity index (χ3n) is 3.18. The Morgan fingerprint density at radius 2 is 2.00 bits per heavy atom. The molecule has 0 bridgehead atoms. The van der Waals surface area contributed by atoms with Crippen molar-refractivity contribution in [3.8, 4) is 5.88 Å². The first kappa shape index (κ1) is 22.9. The van der Waals surface area contributed by atoms with Gasteiger partial charge in [0.25, 0.3) is 0 Å². The van der Waals surface area contributed by atoms with Crippen LogP contribution in [0.1, 0.15) is 38.7 Å². The maximum absolute atomic E-state index is 5.53. The van der Waals surface area contributed by atoms with E-state index >= 15 is 0 Å². The minimum absolute atomic E-state index is 0. The molecule has 0 aliphatic rings. The lowest BCUT2D eigenvalue weighted by atomic mass is 10.2. The Balaban J connectivity index is 0.00000529. The van der Waals surface area contributed by atoms with E-state index in [1.807, 2.05) is 19.1 Å². The SMILES string of the molecule is CCCCOCCCNC(=NC)NCc1ccnc(OCC)c1.I. The van der Waals surface area contributed by atoms with Gasteiger partial charge in [0, 0.05) is 45.6 Å². The molecule has 0 spiro atoms. The normalized spacial score (nSPS) is 10.9. The summed E-state index contributed by atoms with van der Waals surface area (Å²) in [7, 11) is 1.77. The summed E-state index contributed by atoms with van der Waals surface area (Å²) in [5.74, 6) is 1.44. The second-order valence-corrected chi connectivity index (χ2v) is 5.11. The van der Waals surface area contributed by atoms with Gasteiger partial charge in [0.05, 0.1) is 6.61 Å². The highest BCUT2D eigenvalue weighted by molar-refractivity contribution is 14.0. The number of nitrogens with one attached hydrogen (secondary N) is 2. The molecule has 0 aliphatic carbocycles. The van der Waals surface area contributed by atoms with Crippen LogP contribution in [0.2, 0.25) is 0 Å². The second kappa shape index (κ2) is 15.4. The van der Waals surface area contributed by atoms with Crippen molar-refractivity contribution in [3.63, 3.8) is 0 Å². The highest BCUT2D eigenvalue weighted by atomic mass is 127. The van der Waals surface area contributed by atoms with Crippen LogP contribution < -0.4 is 15.4 Å². The highest BCUT2D eigenvalue weighted by Gasteiger charge is 2.00. The number of nitrogens with zero attached hydrogens (tertiary/aromatic N) is 2. The van der Waals surface area contributed by atoms with E-state index < -0.39 is 0 Å². The molecule has 7 heteroatoms. The Morgan fingerprint density at radius 1 is 1.21 bits per heavy atom. The summed E-state index contributed by atoms with van der Waals surface area (Å²) < 4.78 is 10.9. The summed E-state index contributed by atoms with van der Waals surface area (Å²) in [6.45, 7) is 7.89. The lowest BCUT2D eigenvalue weighted by Crippen LogP contribution is -2.37. The fourth-order valence-electron chi connectivity index (χ4n) is 1.92. The monoisotopic (exact) mass is 450 g/mol. The number of hydrogen-bond acceptors (Lipinski definition) is 4. The van der Waals surface area contributed by atoms with Crippen molar-refractivity contribution in [1.29, 1.82) is 0 Å². The average Bonchev–Trinajstić information content (AvgIpc) is 2.57. The van der Waals surface area contributed by atoms with Crippen molar-refractivity contribution in [3.05, 3.63) is 23.9 Å². The van der Waals surface area contributed by atoms with E-state index in [-0.39, 0.29) is 24.0 Å².